The van der Waals surface area contributed by atoms with Crippen molar-refractivity contribution in [3.05, 3.63) is 52.0 Å². The Balaban J connectivity index is 1.67. The lowest BCUT2D eigenvalue weighted by Crippen LogP contribution is -2.32. The van der Waals surface area contributed by atoms with Crippen LogP contribution in [0.2, 0.25) is 0 Å². The quantitative estimate of drug-likeness (QED) is 0.850. The molecule has 0 bridgehead atoms. The first-order valence-electron chi connectivity index (χ1n) is 6.99. The maximum atomic E-state index is 12.0. The lowest BCUT2D eigenvalue weighted by atomic mass is 10.2. The number of carbonyl (C=O) groups is 1. The van der Waals surface area contributed by atoms with Crippen molar-refractivity contribution in [2.45, 2.75) is 31.3 Å². The van der Waals surface area contributed by atoms with E-state index in [9.17, 15) is 4.79 Å². The minimum Gasteiger partial charge on any atom is -0.355 e. The predicted molar refractivity (Wildman–Crippen MR) is 90.8 cm³/mol. The highest BCUT2D eigenvalue weighted by atomic mass is 32.2. The van der Waals surface area contributed by atoms with Gasteiger partial charge in [0.05, 0.1) is 16.0 Å². The molecule has 2 aromatic rings. The number of carbonyl (C=O) groups excluding carboxylic acids is 1. The molecule has 0 aliphatic rings. The Morgan fingerprint density at radius 3 is 2.81 bits per heavy atom. The van der Waals surface area contributed by atoms with Gasteiger partial charge in [-0.25, -0.2) is 4.98 Å². The first-order valence-corrected chi connectivity index (χ1v) is 8.92. The average molecular weight is 320 g/mol. The molecule has 0 radical (unpaired) electrons. The fourth-order valence-corrected chi connectivity index (χ4v) is 3.37. The average Bonchev–Trinajstić information content (AvgIpc) is 2.91. The second-order valence-electron chi connectivity index (χ2n) is 4.84. The van der Waals surface area contributed by atoms with Gasteiger partial charge in [-0.3, -0.25) is 4.79 Å². The molecule has 0 saturated carbocycles. The molecule has 0 spiro atoms. The third kappa shape index (κ3) is 5.52. The van der Waals surface area contributed by atoms with Gasteiger partial charge in [0.2, 0.25) is 5.91 Å². The van der Waals surface area contributed by atoms with Crippen LogP contribution in [0, 0.1) is 6.92 Å². The second-order valence-corrected chi connectivity index (χ2v) is 7.23. The van der Waals surface area contributed by atoms with E-state index in [-0.39, 0.29) is 11.2 Å². The van der Waals surface area contributed by atoms with E-state index < -0.39 is 0 Å². The Morgan fingerprint density at radius 2 is 2.14 bits per heavy atom. The number of nitrogens with one attached hydrogen (secondary N) is 1. The van der Waals surface area contributed by atoms with Crippen LogP contribution in [-0.2, 0) is 17.0 Å². The van der Waals surface area contributed by atoms with Crippen LogP contribution in [0.15, 0.2) is 35.7 Å². The van der Waals surface area contributed by atoms with Crippen LogP contribution in [0.4, 0.5) is 0 Å². The molecule has 1 heterocycles. The molecule has 0 aliphatic carbocycles. The molecule has 2 rings (SSSR count). The summed E-state index contributed by atoms with van der Waals surface area (Å²) in [7, 11) is 0. The Labute approximate surface area is 134 Å². The normalized spacial score (nSPS) is 12.1. The Kier molecular flexibility index (Phi) is 6.26. The molecule has 1 atom stereocenters. The lowest BCUT2D eigenvalue weighted by Gasteiger charge is -2.11. The highest BCUT2D eigenvalue weighted by Crippen LogP contribution is 2.17. The largest absolute Gasteiger partial charge is 0.355 e. The van der Waals surface area contributed by atoms with E-state index in [1.54, 1.807) is 23.1 Å². The topological polar surface area (TPSA) is 42.0 Å². The number of hydrogen-bond donors (Lipinski definition) is 1. The monoisotopic (exact) mass is 320 g/mol. The molecule has 0 unspecified atom stereocenters. The van der Waals surface area contributed by atoms with Crippen LogP contribution >= 0.6 is 23.1 Å². The zero-order valence-corrected chi connectivity index (χ0v) is 14.0. The molecule has 1 aromatic carbocycles. The van der Waals surface area contributed by atoms with Crippen LogP contribution < -0.4 is 5.32 Å². The number of amides is 1. The zero-order valence-electron chi connectivity index (χ0n) is 12.3. The van der Waals surface area contributed by atoms with Gasteiger partial charge in [-0.15, -0.1) is 23.1 Å². The third-order valence-corrected chi connectivity index (χ3v) is 5.10. The summed E-state index contributed by atoms with van der Waals surface area (Å²) >= 11 is 3.31. The zero-order chi connectivity index (χ0) is 15.1. The van der Waals surface area contributed by atoms with Crippen LogP contribution in [0.25, 0.3) is 0 Å². The second kappa shape index (κ2) is 8.20. The van der Waals surface area contributed by atoms with Gasteiger partial charge in [-0.1, -0.05) is 30.3 Å². The Morgan fingerprint density at radius 1 is 1.38 bits per heavy atom. The number of aromatic nitrogens is 1. The molecule has 0 fully saturated rings. The maximum absolute atomic E-state index is 12.0. The van der Waals surface area contributed by atoms with Gasteiger partial charge in [0.1, 0.15) is 0 Å². The van der Waals surface area contributed by atoms with Crippen molar-refractivity contribution >= 4 is 29.0 Å². The summed E-state index contributed by atoms with van der Waals surface area (Å²) in [5.74, 6) is 0.962. The van der Waals surface area contributed by atoms with Gasteiger partial charge in [0.15, 0.2) is 0 Å². The van der Waals surface area contributed by atoms with E-state index >= 15 is 0 Å². The van der Waals surface area contributed by atoms with Crippen molar-refractivity contribution in [1.82, 2.24) is 10.3 Å². The van der Waals surface area contributed by atoms with Crippen molar-refractivity contribution in [1.29, 1.82) is 0 Å². The van der Waals surface area contributed by atoms with Crippen molar-refractivity contribution < 1.29 is 4.79 Å². The van der Waals surface area contributed by atoms with Crippen molar-refractivity contribution in [3.8, 4) is 0 Å². The summed E-state index contributed by atoms with van der Waals surface area (Å²) in [6, 6.07) is 10.2. The van der Waals surface area contributed by atoms with Gasteiger partial charge in [-0.05, 0) is 19.4 Å². The van der Waals surface area contributed by atoms with Crippen molar-refractivity contribution in [2.24, 2.45) is 0 Å². The molecule has 0 saturated heterocycles. The van der Waals surface area contributed by atoms with Crippen LogP contribution in [0.1, 0.15) is 23.2 Å². The molecule has 3 nitrogen and oxygen atoms in total. The molecular formula is C16H20N2OS2. The maximum Gasteiger partial charge on any atom is 0.232 e. The molecule has 5 heteroatoms. The first kappa shape index (κ1) is 16.0. The van der Waals surface area contributed by atoms with Gasteiger partial charge >= 0.3 is 0 Å². The molecule has 0 aliphatic heterocycles. The van der Waals surface area contributed by atoms with E-state index in [0.717, 1.165) is 22.9 Å². The number of rotatable bonds is 7. The predicted octanol–water partition coefficient (Wildman–Crippen LogP) is 3.43. The van der Waals surface area contributed by atoms with Crippen molar-refractivity contribution in [2.75, 3.05) is 6.54 Å². The summed E-state index contributed by atoms with van der Waals surface area (Å²) in [4.78, 5) is 16.4. The smallest absolute Gasteiger partial charge is 0.232 e. The first-order chi connectivity index (χ1) is 10.1. The van der Waals surface area contributed by atoms with Gasteiger partial charge < -0.3 is 5.32 Å². The van der Waals surface area contributed by atoms with E-state index in [1.807, 2.05) is 32.0 Å². The van der Waals surface area contributed by atoms with Gasteiger partial charge in [-0.2, -0.15) is 0 Å². The van der Waals surface area contributed by atoms with Gasteiger partial charge in [0, 0.05) is 24.1 Å². The number of thioether (sulfide) groups is 1. The fourth-order valence-electron chi connectivity index (χ4n) is 1.85. The standard InChI is InChI=1S/C16H20N2OS2/c1-12(20-10-14-6-4-3-5-7-14)16(19)17-9-8-15-11-21-13(2)18-15/h3-7,11-12H,8-10H2,1-2H3,(H,17,19)/t12-/m0/s1. The van der Waals surface area contributed by atoms with E-state index in [2.05, 4.69) is 27.8 Å². The third-order valence-electron chi connectivity index (χ3n) is 3.06. The van der Waals surface area contributed by atoms with Crippen LogP contribution in [0.3, 0.4) is 0 Å². The number of nitrogens with zero attached hydrogens (tertiary/aromatic N) is 1. The fraction of sp³-hybridized carbons (Fsp3) is 0.375. The summed E-state index contributed by atoms with van der Waals surface area (Å²) in [6.45, 7) is 4.60. The van der Waals surface area contributed by atoms with E-state index in [0.29, 0.717) is 6.54 Å². The number of thiazole rings is 1. The highest BCUT2D eigenvalue weighted by molar-refractivity contribution is 7.99. The van der Waals surface area contributed by atoms with Crippen LogP contribution in [0.5, 0.6) is 0 Å². The minimum absolute atomic E-state index is 0.0395. The van der Waals surface area contributed by atoms with Crippen LogP contribution in [-0.4, -0.2) is 22.7 Å². The number of benzene rings is 1. The Hall–Kier alpha value is -1.33. The molecule has 21 heavy (non-hydrogen) atoms. The SMILES string of the molecule is Cc1nc(CCNC(=O)[C@H](C)SCc2ccccc2)cs1. The number of hydrogen-bond acceptors (Lipinski definition) is 4. The molecular weight excluding hydrogens is 300 g/mol. The molecule has 1 N–H and O–H groups in total. The summed E-state index contributed by atoms with van der Waals surface area (Å²) in [5, 5.41) is 6.06. The number of aryl methyl sites for hydroxylation is 1. The summed E-state index contributed by atoms with van der Waals surface area (Å²) in [6.07, 6.45) is 0.798. The minimum atomic E-state index is -0.0395. The van der Waals surface area contributed by atoms with E-state index in [1.165, 1.54) is 5.56 Å². The highest BCUT2D eigenvalue weighted by Gasteiger charge is 2.12. The van der Waals surface area contributed by atoms with E-state index in [4.69, 9.17) is 0 Å². The van der Waals surface area contributed by atoms with Crippen molar-refractivity contribution in [3.63, 3.8) is 0 Å². The molecule has 1 aromatic heterocycles. The summed E-state index contributed by atoms with van der Waals surface area (Å²) < 4.78 is 0. The Bertz CT molecular complexity index is 569. The lowest BCUT2D eigenvalue weighted by molar-refractivity contribution is -0.120. The summed E-state index contributed by atoms with van der Waals surface area (Å²) in [5.41, 5.74) is 2.31. The van der Waals surface area contributed by atoms with Gasteiger partial charge in [0.25, 0.3) is 0 Å². The molecule has 112 valence electrons. The molecule has 1 amide bonds.